The number of rotatable bonds is 5. The first-order chi connectivity index (χ1) is 7.65. The van der Waals surface area contributed by atoms with Crippen LogP contribution in [-0.4, -0.2) is 36.3 Å². The lowest BCUT2D eigenvalue weighted by Gasteiger charge is -2.26. The van der Waals surface area contributed by atoms with Crippen molar-refractivity contribution in [1.82, 2.24) is 4.90 Å². The summed E-state index contributed by atoms with van der Waals surface area (Å²) in [7, 11) is 0. The van der Waals surface area contributed by atoms with Crippen LogP contribution in [0.15, 0.2) is 24.4 Å². The smallest absolute Gasteiger partial charge is 0.253 e. The molecule has 0 aromatic rings. The Morgan fingerprint density at radius 1 is 1.62 bits per heavy atom. The molecular weight excluding hydrogens is 204 g/mol. The Hall–Kier alpha value is -1.42. The van der Waals surface area contributed by atoms with Gasteiger partial charge in [-0.05, 0) is 18.6 Å². The van der Waals surface area contributed by atoms with Crippen LogP contribution < -0.4 is 0 Å². The highest BCUT2D eigenvalue weighted by Gasteiger charge is 2.19. The molecule has 0 aromatic heterocycles. The van der Waals surface area contributed by atoms with Gasteiger partial charge in [-0.25, -0.2) is 0 Å². The Kier molecular flexibility index (Phi) is 4.92. The second-order valence-electron chi connectivity index (χ2n) is 3.70. The van der Waals surface area contributed by atoms with Crippen LogP contribution in [0.4, 0.5) is 0 Å². The molecule has 0 spiro atoms. The van der Waals surface area contributed by atoms with Crippen LogP contribution in [0.25, 0.3) is 0 Å². The minimum Gasteiger partial charge on any atom is -0.370 e. The maximum atomic E-state index is 11.5. The maximum absolute atomic E-state index is 11.5. The molecule has 0 radical (unpaired) electrons. The number of ether oxygens (including phenoxy) is 1. The van der Waals surface area contributed by atoms with Gasteiger partial charge in [0.15, 0.2) is 0 Å². The van der Waals surface area contributed by atoms with Gasteiger partial charge in [0.05, 0.1) is 6.61 Å². The topological polar surface area (TPSA) is 53.4 Å². The van der Waals surface area contributed by atoms with Gasteiger partial charge >= 0.3 is 0 Å². The predicted molar refractivity (Wildman–Crippen MR) is 63.4 cm³/mol. The van der Waals surface area contributed by atoms with E-state index in [9.17, 15) is 4.79 Å². The van der Waals surface area contributed by atoms with Gasteiger partial charge < -0.3 is 15.0 Å². The molecule has 4 nitrogen and oxygen atoms in total. The first kappa shape index (κ1) is 12.6. The minimum atomic E-state index is -0.0667. The molecule has 16 heavy (non-hydrogen) atoms. The second-order valence-corrected chi connectivity index (χ2v) is 3.70. The highest BCUT2D eigenvalue weighted by Crippen LogP contribution is 2.08. The summed E-state index contributed by atoms with van der Waals surface area (Å²) < 4.78 is 5.03. The van der Waals surface area contributed by atoms with Gasteiger partial charge in [-0.3, -0.25) is 4.79 Å². The molecule has 0 unspecified atom stereocenters. The van der Waals surface area contributed by atoms with Crippen LogP contribution in [0.1, 0.15) is 19.8 Å². The van der Waals surface area contributed by atoms with E-state index >= 15 is 0 Å². The van der Waals surface area contributed by atoms with Crippen LogP contribution >= 0.6 is 0 Å². The number of amides is 1. The number of morpholine rings is 1. The average Bonchev–Trinajstić information content (AvgIpc) is 2.27. The average molecular weight is 222 g/mol. The Labute approximate surface area is 96.1 Å². The molecule has 0 aromatic carbocycles. The number of carbonyl (C=O) groups excluding carboxylic acids is 1. The third kappa shape index (κ3) is 3.62. The van der Waals surface area contributed by atoms with Crippen LogP contribution in [0.5, 0.6) is 0 Å². The lowest BCUT2D eigenvalue weighted by atomic mass is 10.2. The van der Waals surface area contributed by atoms with Gasteiger partial charge in [-0.1, -0.05) is 19.9 Å². The zero-order valence-corrected chi connectivity index (χ0v) is 9.66. The number of nitrogens with zero attached hydrogens (tertiary/aromatic N) is 1. The van der Waals surface area contributed by atoms with Crippen molar-refractivity contribution >= 4 is 11.6 Å². The number of nitrogens with one attached hydrogen (secondary N) is 1. The van der Waals surface area contributed by atoms with Gasteiger partial charge in [0.2, 0.25) is 0 Å². The number of hydrogen-bond donors (Lipinski definition) is 1. The van der Waals surface area contributed by atoms with Crippen LogP contribution in [-0.2, 0) is 9.53 Å². The molecule has 1 aliphatic heterocycles. The van der Waals surface area contributed by atoms with E-state index in [-0.39, 0.29) is 12.5 Å². The third-order valence-electron chi connectivity index (χ3n) is 2.33. The summed E-state index contributed by atoms with van der Waals surface area (Å²) >= 11 is 0. The Balaban J connectivity index is 2.50. The zero-order valence-electron chi connectivity index (χ0n) is 9.66. The molecule has 1 amide bonds. The van der Waals surface area contributed by atoms with Crippen molar-refractivity contribution < 1.29 is 9.53 Å². The third-order valence-corrected chi connectivity index (χ3v) is 2.33. The van der Waals surface area contributed by atoms with Gasteiger partial charge in [0.25, 0.3) is 5.91 Å². The molecule has 1 fully saturated rings. The quantitative estimate of drug-likeness (QED) is 0.569. The summed E-state index contributed by atoms with van der Waals surface area (Å²) in [5.41, 5.74) is 1.19. The molecule has 0 saturated carbocycles. The van der Waals surface area contributed by atoms with E-state index in [0.717, 1.165) is 12.8 Å². The number of allylic oxidation sites excluding steroid dienone is 2. The molecular formula is C12H18N2O2. The standard InChI is InChI=1S/C12H18N2O2/c1-3-4-11(13)6-5-10(2)14-7-8-16-9-12(14)15/h5-6,13H,2-4,7-9H2,1H3/b6-5-,13-11?. The molecule has 88 valence electrons. The summed E-state index contributed by atoms with van der Waals surface area (Å²) in [6.45, 7) is 7.07. The van der Waals surface area contributed by atoms with Gasteiger partial charge in [0.1, 0.15) is 6.61 Å². The van der Waals surface area contributed by atoms with E-state index < -0.39 is 0 Å². The Morgan fingerprint density at radius 2 is 2.38 bits per heavy atom. The molecule has 0 aliphatic carbocycles. The molecule has 1 saturated heterocycles. The van der Waals surface area contributed by atoms with E-state index in [1.807, 2.05) is 6.92 Å². The maximum Gasteiger partial charge on any atom is 0.253 e. The molecule has 0 bridgehead atoms. The summed E-state index contributed by atoms with van der Waals surface area (Å²) in [5.74, 6) is -0.0667. The van der Waals surface area contributed by atoms with Crippen molar-refractivity contribution in [2.75, 3.05) is 19.8 Å². The van der Waals surface area contributed by atoms with Gasteiger partial charge in [-0.2, -0.15) is 0 Å². The SMILES string of the molecule is C=C(/C=C\C(=N)CCC)N1CCOCC1=O. The zero-order chi connectivity index (χ0) is 12.0. The summed E-state index contributed by atoms with van der Waals surface area (Å²) in [6, 6.07) is 0. The van der Waals surface area contributed by atoms with E-state index in [2.05, 4.69) is 6.58 Å². The highest BCUT2D eigenvalue weighted by molar-refractivity contribution is 5.92. The molecule has 1 rings (SSSR count). The van der Waals surface area contributed by atoms with Crippen molar-refractivity contribution in [2.45, 2.75) is 19.8 Å². The lowest BCUT2D eigenvalue weighted by molar-refractivity contribution is -0.139. The van der Waals surface area contributed by atoms with Crippen molar-refractivity contribution in [2.24, 2.45) is 0 Å². The fraction of sp³-hybridized carbons (Fsp3) is 0.500. The van der Waals surface area contributed by atoms with Crippen molar-refractivity contribution in [1.29, 1.82) is 5.41 Å². The molecule has 1 N–H and O–H groups in total. The molecule has 1 heterocycles. The first-order valence-corrected chi connectivity index (χ1v) is 5.47. The summed E-state index contributed by atoms with van der Waals surface area (Å²) in [5, 5.41) is 7.59. The lowest BCUT2D eigenvalue weighted by Crippen LogP contribution is -2.40. The molecule has 4 heteroatoms. The van der Waals surface area contributed by atoms with Crippen molar-refractivity contribution in [3.05, 3.63) is 24.4 Å². The predicted octanol–water partition coefficient (Wildman–Crippen LogP) is 1.73. The van der Waals surface area contributed by atoms with Crippen molar-refractivity contribution in [3.63, 3.8) is 0 Å². The highest BCUT2D eigenvalue weighted by atomic mass is 16.5. The van der Waals surface area contributed by atoms with E-state index in [1.165, 1.54) is 0 Å². The fourth-order valence-corrected chi connectivity index (χ4v) is 1.46. The summed E-state index contributed by atoms with van der Waals surface area (Å²) in [6.07, 6.45) is 5.13. The normalized spacial score (nSPS) is 16.8. The van der Waals surface area contributed by atoms with Crippen LogP contribution in [0, 0.1) is 5.41 Å². The number of hydrogen-bond acceptors (Lipinski definition) is 3. The molecule has 1 aliphatic rings. The second kappa shape index (κ2) is 6.23. The Morgan fingerprint density at radius 3 is 3.00 bits per heavy atom. The van der Waals surface area contributed by atoms with Crippen molar-refractivity contribution in [3.8, 4) is 0 Å². The van der Waals surface area contributed by atoms with E-state index in [1.54, 1.807) is 17.1 Å². The fourth-order valence-electron chi connectivity index (χ4n) is 1.46. The monoisotopic (exact) mass is 222 g/mol. The number of carbonyl (C=O) groups is 1. The Bertz CT molecular complexity index is 321. The largest absolute Gasteiger partial charge is 0.370 e. The van der Waals surface area contributed by atoms with Gasteiger partial charge in [0, 0.05) is 18.0 Å². The summed E-state index contributed by atoms with van der Waals surface area (Å²) in [4.78, 5) is 13.1. The molecule has 0 atom stereocenters. The first-order valence-electron chi connectivity index (χ1n) is 5.47. The van der Waals surface area contributed by atoms with E-state index in [4.69, 9.17) is 10.1 Å². The van der Waals surface area contributed by atoms with Gasteiger partial charge in [-0.15, -0.1) is 0 Å². The van der Waals surface area contributed by atoms with Crippen LogP contribution in [0.2, 0.25) is 0 Å². The van der Waals surface area contributed by atoms with E-state index in [0.29, 0.717) is 24.6 Å². The minimum absolute atomic E-state index is 0.0667. The van der Waals surface area contributed by atoms with Crippen LogP contribution in [0.3, 0.4) is 0 Å².